The van der Waals surface area contributed by atoms with Crippen LogP contribution in [0.5, 0.6) is 5.75 Å². The molecule has 0 radical (unpaired) electrons. The first-order valence-corrected chi connectivity index (χ1v) is 11.9. The van der Waals surface area contributed by atoms with Crippen molar-refractivity contribution in [3.05, 3.63) is 100 Å². The third-order valence-electron chi connectivity index (χ3n) is 7.78. The Morgan fingerprint density at radius 3 is 2.64 bits per heavy atom. The average Bonchev–Trinajstić information content (AvgIpc) is 3.13. The van der Waals surface area contributed by atoms with Crippen LogP contribution in [0.15, 0.2) is 72.8 Å². The number of benzene rings is 3. The van der Waals surface area contributed by atoms with E-state index in [1.165, 1.54) is 11.1 Å². The Bertz CT molecular complexity index is 1330. The van der Waals surface area contributed by atoms with E-state index in [0.717, 1.165) is 41.7 Å². The van der Waals surface area contributed by atoms with Gasteiger partial charge in [0.2, 0.25) is 0 Å². The van der Waals surface area contributed by atoms with Crippen molar-refractivity contribution in [2.24, 2.45) is 0 Å². The molecule has 33 heavy (non-hydrogen) atoms. The normalized spacial score (nSPS) is 25.0. The van der Waals surface area contributed by atoms with Gasteiger partial charge in [0, 0.05) is 53.0 Å². The summed E-state index contributed by atoms with van der Waals surface area (Å²) in [6.45, 7) is 2.28. The predicted octanol–water partition coefficient (Wildman–Crippen LogP) is 5.20. The molecule has 0 amide bonds. The number of nitrogens with zero attached hydrogens (tertiary/aromatic N) is 1. The van der Waals surface area contributed by atoms with E-state index in [0.29, 0.717) is 24.4 Å². The van der Waals surface area contributed by atoms with Gasteiger partial charge in [0.15, 0.2) is 0 Å². The Hall–Kier alpha value is -2.79. The predicted molar refractivity (Wildman–Crippen MR) is 132 cm³/mol. The highest BCUT2D eigenvalue weighted by Crippen LogP contribution is 2.52. The summed E-state index contributed by atoms with van der Waals surface area (Å²) in [5.74, 6) is 0.241. The minimum atomic E-state index is -0.963. The van der Waals surface area contributed by atoms with Crippen molar-refractivity contribution in [3.8, 4) is 5.75 Å². The van der Waals surface area contributed by atoms with Crippen LogP contribution in [0.25, 0.3) is 10.9 Å². The Balaban J connectivity index is 1.46. The maximum Gasteiger partial charge on any atom is 0.115 e. The maximum atomic E-state index is 12.5. The molecule has 1 aliphatic heterocycles. The van der Waals surface area contributed by atoms with Gasteiger partial charge in [-0.25, -0.2) is 0 Å². The fourth-order valence-corrected chi connectivity index (χ4v) is 6.36. The van der Waals surface area contributed by atoms with Crippen molar-refractivity contribution in [1.29, 1.82) is 0 Å². The number of piperidine rings is 1. The molecule has 0 saturated carbocycles. The molecule has 2 atom stereocenters. The number of fused-ring (bicyclic) bond motifs is 4. The van der Waals surface area contributed by atoms with Crippen LogP contribution in [-0.2, 0) is 24.8 Å². The van der Waals surface area contributed by atoms with Gasteiger partial charge in [-0.05, 0) is 53.9 Å². The number of phenolic OH excluding ortho intramolecular Hbond substituents is 1. The third kappa shape index (κ3) is 3.36. The Morgan fingerprint density at radius 1 is 0.970 bits per heavy atom. The first-order valence-electron chi connectivity index (χ1n) is 11.5. The summed E-state index contributed by atoms with van der Waals surface area (Å²) in [5, 5.41) is 24.6. The molecule has 3 N–H and O–H groups in total. The van der Waals surface area contributed by atoms with Crippen molar-refractivity contribution in [3.63, 3.8) is 0 Å². The quantitative estimate of drug-likeness (QED) is 0.395. The van der Waals surface area contributed by atoms with Crippen molar-refractivity contribution in [2.45, 2.75) is 36.8 Å². The number of aromatic nitrogens is 1. The van der Waals surface area contributed by atoms with Gasteiger partial charge in [-0.3, -0.25) is 4.90 Å². The number of β-amino-alcohol motifs (C(OH)–C–C–N with tert-alkyl or cyclic N) is 1. The summed E-state index contributed by atoms with van der Waals surface area (Å²) in [5.41, 5.74) is 4.18. The second-order valence-corrected chi connectivity index (χ2v) is 10.2. The number of hydrogen-bond acceptors (Lipinski definition) is 3. The highest BCUT2D eigenvalue weighted by Gasteiger charge is 2.57. The Labute approximate surface area is 198 Å². The lowest BCUT2D eigenvalue weighted by Crippen LogP contribution is -2.66. The highest BCUT2D eigenvalue weighted by atomic mass is 35.5. The van der Waals surface area contributed by atoms with E-state index < -0.39 is 11.0 Å². The molecule has 168 valence electrons. The zero-order valence-corrected chi connectivity index (χ0v) is 19.1. The number of nitrogens with one attached hydrogen (secondary N) is 1. The molecule has 0 bridgehead atoms. The van der Waals surface area contributed by atoms with Crippen molar-refractivity contribution < 1.29 is 10.2 Å². The number of hydrogen-bond donors (Lipinski definition) is 3. The van der Waals surface area contributed by atoms with Crippen molar-refractivity contribution >= 4 is 22.5 Å². The van der Waals surface area contributed by atoms with Crippen LogP contribution in [0.4, 0.5) is 0 Å². The number of aliphatic hydroxyl groups is 1. The summed E-state index contributed by atoms with van der Waals surface area (Å²) >= 11 is 6.26. The van der Waals surface area contributed by atoms with E-state index >= 15 is 0 Å². The Kier molecular flexibility index (Phi) is 4.80. The van der Waals surface area contributed by atoms with E-state index in [1.807, 2.05) is 30.3 Å². The molecule has 1 aromatic heterocycles. The average molecular weight is 459 g/mol. The zero-order valence-electron chi connectivity index (χ0n) is 18.4. The van der Waals surface area contributed by atoms with Gasteiger partial charge in [-0.15, -0.1) is 0 Å². The number of likely N-dealkylation sites (tertiary alicyclic amines) is 1. The van der Waals surface area contributed by atoms with Crippen LogP contribution >= 0.6 is 11.6 Å². The van der Waals surface area contributed by atoms with Gasteiger partial charge in [0.25, 0.3) is 0 Å². The molecule has 2 aliphatic rings. The minimum absolute atomic E-state index is 0.241. The van der Waals surface area contributed by atoms with Gasteiger partial charge in [-0.2, -0.15) is 0 Å². The number of rotatable bonds is 3. The standard InChI is InChI=1S/C28H27ClN2O2/c29-21-9-10-23-24-15-28(33)18-31(17-19-5-2-1-3-6-19)12-11-27(28,16-26(24)30-25(23)14-21)20-7-4-8-22(32)13-20/h1-10,13-14,30,32-33H,11-12,15-18H2. The van der Waals surface area contributed by atoms with Crippen LogP contribution in [0, 0.1) is 0 Å². The number of aromatic amines is 1. The zero-order chi connectivity index (χ0) is 22.6. The lowest BCUT2D eigenvalue weighted by molar-refractivity contribution is -0.105. The molecular weight excluding hydrogens is 432 g/mol. The van der Waals surface area contributed by atoms with Crippen molar-refractivity contribution in [2.75, 3.05) is 13.1 Å². The van der Waals surface area contributed by atoms with Crippen molar-refractivity contribution in [1.82, 2.24) is 9.88 Å². The van der Waals surface area contributed by atoms with E-state index in [4.69, 9.17) is 11.6 Å². The van der Waals surface area contributed by atoms with Gasteiger partial charge in [0.1, 0.15) is 5.75 Å². The lowest BCUT2D eigenvalue weighted by atomic mass is 9.56. The summed E-state index contributed by atoms with van der Waals surface area (Å²) in [6, 6.07) is 23.9. The fourth-order valence-electron chi connectivity index (χ4n) is 6.19. The molecule has 3 aromatic carbocycles. The summed E-state index contributed by atoms with van der Waals surface area (Å²) < 4.78 is 0. The second kappa shape index (κ2) is 7.63. The molecule has 1 aliphatic carbocycles. The molecule has 1 saturated heterocycles. The first-order chi connectivity index (χ1) is 16.0. The molecule has 4 nitrogen and oxygen atoms in total. The monoisotopic (exact) mass is 458 g/mol. The molecule has 0 spiro atoms. The van der Waals surface area contributed by atoms with Gasteiger partial charge >= 0.3 is 0 Å². The Morgan fingerprint density at radius 2 is 1.82 bits per heavy atom. The van der Waals surface area contributed by atoms with E-state index in [2.05, 4.69) is 46.3 Å². The van der Waals surface area contributed by atoms with Crippen LogP contribution in [0.1, 0.15) is 28.8 Å². The lowest BCUT2D eigenvalue weighted by Gasteiger charge is -2.56. The van der Waals surface area contributed by atoms with Crippen LogP contribution in [0.2, 0.25) is 5.02 Å². The van der Waals surface area contributed by atoms with Crippen LogP contribution in [-0.4, -0.2) is 38.8 Å². The molecular formula is C28H27ClN2O2. The fraction of sp³-hybridized carbons (Fsp3) is 0.286. The molecule has 6 rings (SSSR count). The smallest absolute Gasteiger partial charge is 0.115 e. The van der Waals surface area contributed by atoms with Gasteiger partial charge in [-0.1, -0.05) is 60.1 Å². The molecule has 1 fully saturated rings. The molecule has 4 aromatic rings. The summed E-state index contributed by atoms with van der Waals surface area (Å²) in [4.78, 5) is 5.96. The number of halogens is 1. The maximum absolute atomic E-state index is 12.5. The minimum Gasteiger partial charge on any atom is -0.508 e. The third-order valence-corrected chi connectivity index (χ3v) is 8.02. The topological polar surface area (TPSA) is 59.5 Å². The highest BCUT2D eigenvalue weighted by molar-refractivity contribution is 6.31. The molecule has 2 unspecified atom stereocenters. The SMILES string of the molecule is Oc1cccc(C23CCN(Cc4ccccc4)CC2(O)Cc2c([nH]c4cc(Cl)ccc24)C3)c1. The largest absolute Gasteiger partial charge is 0.508 e. The summed E-state index contributed by atoms with van der Waals surface area (Å²) in [6.07, 6.45) is 2.08. The molecule has 5 heteroatoms. The van der Waals surface area contributed by atoms with E-state index in [9.17, 15) is 10.2 Å². The van der Waals surface area contributed by atoms with Gasteiger partial charge < -0.3 is 15.2 Å². The number of phenols is 1. The summed E-state index contributed by atoms with van der Waals surface area (Å²) in [7, 11) is 0. The van der Waals surface area contributed by atoms with E-state index in [-0.39, 0.29) is 5.75 Å². The molecule has 2 heterocycles. The number of H-pyrrole nitrogens is 1. The number of aromatic hydroxyl groups is 1. The second-order valence-electron chi connectivity index (χ2n) is 9.74. The van der Waals surface area contributed by atoms with Gasteiger partial charge in [0.05, 0.1) is 5.60 Å². The van der Waals surface area contributed by atoms with Crippen LogP contribution in [0.3, 0.4) is 0 Å². The first kappa shape index (κ1) is 20.8. The van der Waals surface area contributed by atoms with E-state index in [1.54, 1.807) is 6.07 Å². The van der Waals surface area contributed by atoms with Crippen LogP contribution < -0.4 is 0 Å².